The van der Waals surface area contributed by atoms with Crippen LogP contribution < -0.4 is 0 Å². The van der Waals surface area contributed by atoms with Gasteiger partial charge in [0, 0.05) is 12.0 Å². The standard InChI is InChI=1S/C18H26O3.HOP/c1-7-8-15(19)21-18(11(2)3)17(20)16-13(5)9-12(4)10-14(16)6;1-2/h9-11,18H,7-8H2,1-6H3;2H. The minimum atomic E-state index is -0.704. The molecule has 0 spiro atoms. The number of hydrogen-bond donors (Lipinski definition) is 0. The van der Waals surface area contributed by atoms with Gasteiger partial charge in [-0.15, -0.1) is 0 Å². The fourth-order valence-corrected chi connectivity index (χ4v) is 2.61. The van der Waals surface area contributed by atoms with Crippen LogP contribution in [-0.2, 0) is 14.1 Å². The Bertz CT molecular complexity index is 529. The van der Waals surface area contributed by atoms with Crippen molar-refractivity contribution in [2.24, 2.45) is 5.92 Å². The Morgan fingerprint density at radius 3 is 1.96 bits per heavy atom. The SMILES string of the molecule is CCCC(=O)OC(C(=O)c1c(C)cc(C)cc1C)C(C)C.O=P. The van der Waals surface area contributed by atoms with E-state index in [4.69, 9.17) is 9.30 Å². The molecule has 0 heterocycles. The van der Waals surface area contributed by atoms with Crippen molar-refractivity contribution in [3.05, 3.63) is 34.4 Å². The fourth-order valence-electron chi connectivity index (χ4n) is 2.61. The molecule has 1 rings (SSSR count). The summed E-state index contributed by atoms with van der Waals surface area (Å²) >= 11 is 0. The van der Waals surface area contributed by atoms with E-state index in [1.54, 1.807) is 9.12 Å². The van der Waals surface area contributed by atoms with E-state index in [-0.39, 0.29) is 17.7 Å². The average molecular weight is 338 g/mol. The summed E-state index contributed by atoms with van der Waals surface area (Å²) in [5.74, 6) is -0.435. The third-order valence-corrected chi connectivity index (χ3v) is 3.50. The number of benzene rings is 1. The summed E-state index contributed by atoms with van der Waals surface area (Å²) in [5, 5.41) is 0. The van der Waals surface area contributed by atoms with E-state index in [2.05, 4.69) is 0 Å². The van der Waals surface area contributed by atoms with Crippen molar-refractivity contribution in [3.8, 4) is 0 Å². The van der Waals surface area contributed by atoms with Gasteiger partial charge in [0.15, 0.2) is 6.10 Å². The molecule has 0 fully saturated rings. The van der Waals surface area contributed by atoms with Gasteiger partial charge in [-0.05, 0) is 44.2 Å². The molecule has 23 heavy (non-hydrogen) atoms. The fraction of sp³-hybridized carbons (Fsp3) is 0.556. The van der Waals surface area contributed by atoms with Crippen LogP contribution >= 0.6 is 9.12 Å². The monoisotopic (exact) mass is 338 g/mol. The zero-order chi connectivity index (χ0) is 18.2. The van der Waals surface area contributed by atoms with E-state index in [0.29, 0.717) is 12.0 Å². The van der Waals surface area contributed by atoms with Crippen molar-refractivity contribution in [1.82, 2.24) is 0 Å². The van der Waals surface area contributed by atoms with Crippen LogP contribution in [0.3, 0.4) is 0 Å². The maximum Gasteiger partial charge on any atom is 0.306 e. The molecule has 1 aromatic carbocycles. The summed E-state index contributed by atoms with van der Waals surface area (Å²) in [4.78, 5) is 24.5. The van der Waals surface area contributed by atoms with Crippen LogP contribution in [0.25, 0.3) is 0 Å². The molecule has 128 valence electrons. The number of ether oxygens (including phenoxy) is 1. The molecule has 0 aliphatic carbocycles. The van der Waals surface area contributed by atoms with Crippen LogP contribution in [0.15, 0.2) is 12.1 Å². The molecule has 1 unspecified atom stereocenters. The van der Waals surface area contributed by atoms with Crippen molar-refractivity contribution in [3.63, 3.8) is 0 Å². The molecular formula is C18H27O4P. The highest BCUT2D eigenvalue weighted by Crippen LogP contribution is 2.22. The Morgan fingerprint density at radius 2 is 1.57 bits per heavy atom. The van der Waals surface area contributed by atoms with Crippen molar-refractivity contribution >= 4 is 20.9 Å². The molecule has 0 aliphatic rings. The maximum atomic E-state index is 12.8. The molecular weight excluding hydrogens is 311 g/mol. The predicted octanol–water partition coefficient (Wildman–Crippen LogP) is 4.64. The summed E-state index contributed by atoms with van der Waals surface area (Å²) in [6.45, 7) is 11.6. The summed E-state index contributed by atoms with van der Waals surface area (Å²) < 4.78 is 13.5. The molecule has 5 heteroatoms. The molecule has 1 atom stereocenters. The van der Waals surface area contributed by atoms with E-state index >= 15 is 0 Å². The zero-order valence-electron chi connectivity index (χ0n) is 14.9. The van der Waals surface area contributed by atoms with Crippen molar-refractivity contribution in [1.29, 1.82) is 0 Å². The molecule has 4 nitrogen and oxygen atoms in total. The highest BCUT2D eigenvalue weighted by atomic mass is 31.0. The second-order valence-corrected chi connectivity index (χ2v) is 6.04. The van der Waals surface area contributed by atoms with Crippen molar-refractivity contribution < 1.29 is 18.9 Å². The van der Waals surface area contributed by atoms with Gasteiger partial charge < -0.3 is 4.74 Å². The number of carbonyl (C=O) groups excluding carboxylic acids is 2. The maximum absolute atomic E-state index is 12.8. The van der Waals surface area contributed by atoms with Gasteiger partial charge in [0.05, 0.1) is 0 Å². The molecule has 0 amide bonds. The zero-order valence-corrected chi connectivity index (χ0v) is 15.9. The first-order chi connectivity index (χ1) is 10.8. The summed E-state index contributed by atoms with van der Waals surface area (Å²) in [5.41, 5.74) is 3.69. The Labute approximate surface area is 141 Å². The lowest BCUT2D eigenvalue weighted by Gasteiger charge is -2.22. The first-order valence-corrected chi connectivity index (χ1v) is 8.20. The third-order valence-electron chi connectivity index (χ3n) is 3.50. The molecule has 0 aromatic heterocycles. The van der Waals surface area contributed by atoms with Crippen LogP contribution in [0.4, 0.5) is 0 Å². The molecule has 0 saturated carbocycles. The van der Waals surface area contributed by atoms with Crippen LogP contribution in [0.5, 0.6) is 0 Å². The van der Waals surface area contributed by atoms with Gasteiger partial charge in [-0.1, -0.05) is 38.5 Å². The van der Waals surface area contributed by atoms with Gasteiger partial charge in [0.2, 0.25) is 5.78 Å². The average Bonchev–Trinajstić information content (AvgIpc) is 2.45. The van der Waals surface area contributed by atoms with Crippen LogP contribution in [0.1, 0.15) is 60.7 Å². The number of hydrogen-bond acceptors (Lipinski definition) is 4. The largest absolute Gasteiger partial charge is 0.454 e. The summed E-state index contributed by atoms with van der Waals surface area (Å²) in [7, 11) is 1.72. The second-order valence-electron chi connectivity index (χ2n) is 6.04. The van der Waals surface area contributed by atoms with Gasteiger partial charge in [0.25, 0.3) is 0 Å². The number of esters is 1. The lowest BCUT2D eigenvalue weighted by molar-refractivity contribution is -0.148. The predicted molar refractivity (Wildman–Crippen MR) is 93.6 cm³/mol. The van der Waals surface area contributed by atoms with E-state index in [1.807, 2.05) is 53.7 Å². The number of Topliss-reactive ketones (excluding diaryl/α,β-unsaturated/α-hetero) is 1. The first-order valence-electron chi connectivity index (χ1n) is 7.79. The van der Waals surface area contributed by atoms with Gasteiger partial charge in [-0.25, -0.2) is 0 Å². The van der Waals surface area contributed by atoms with E-state index in [1.165, 1.54) is 0 Å². The molecule has 0 bridgehead atoms. The van der Waals surface area contributed by atoms with Crippen LogP contribution in [0.2, 0.25) is 0 Å². The second kappa shape index (κ2) is 10.3. The minimum absolute atomic E-state index is 0.0431. The Hall–Kier alpha value is -1.54. The normalized spacial score (nSPS) is 11.4. The Balaban J connectivity index is 0.00000232. The quantitative estimate of drug-likeness (QED) is 0.431. The van der Waals surface area contributed by atoms with Gasteiger partial charge in [0.1, 0.15) is 9.12 Å². The lowest BCUT2D eigenvalue weighted by Crippen LogP contribution is -2.33. The number of rotatable bonds is 6. The van der Waals surface area contributed by atoms with Crippen LogP contribution in [0, 0.1) is 26.7 Å². The highest BCUT2D eigenvalue weighted by molar-refractivity contribution is 7.00. The number of carbonyl (C=O) groups is 2. The smallest absolute Gasteiger partial charge is 0.306 e. The van der Waals surface area contributed by atoms with E-state index in [9.17, 15) is 9.59 Å². The minimum Gasteiger partial charge on any atom is -0.454 e. The molecule has 1 aromatic rings. The Kier molecular flexibility index (Phi) is 9.59. The van der Waals surface area contributed by atoms with Crippen molar-refractivity contribution in [2.45, 2.75) is 60.5 Å². The lowest BCUT2D eigenvalue weighted by atomic mass is 9.90. The van der Waals surface area contributed by atoms with Crippen molar-refractivity contribution in [2.75, 3.05) is 0 Å². The summed E-state index contributed by atoms with van der Waals surface area (Å²) in [6.07, 6.45) is 0.368. The topological polar surface area (TPSA) is 60.4 Å². The number of ketones is 1. The molecule has 0 N–H and O–H groups in total. The first kappa shape index (κ1) is 21.5. The van der Waals surface area contributed by atoms with Gasteiger partial charge in [-0.2, -0.15) is 0 Å². The van der Waals surface area contributed by atoms with Gasteiger partial charge >= 0.3 is 5.97 Å². The Morgan fingerprint density at radius 1 is 1.09 bits per heavy atom. The third kappa shape index (κ3) is 6.23. The van der Waals surface area contributed by atoms with Gasteiger partial charge in [-0.3, -0.25) is 14.2 Å². The van der Waals surface area contributed by atoms with E-state index in [0.717, 1.165) is 23.1 Å². The molecule has 0 saturated heterocycles. The molecule has 0 radical (unpaired) electrons. The van der Waals surface area contributed by atoms with Crippen LogP contribution in [-0.4, -0.2) is 17.9 Å². The highest BCUT2D eigenvalue weighted by Gasteiger charge is 2.29. The molecule has 0 aliphatic heterocycles. The number of aryl methyl sites for hydroxylation is 3. The summed E-state index contributed by atoms with van der Waals surface area (Å²) in [6, 6.07) is 3.98. The van der Waals surface area contributed by atoms with E-state index < -0.39 is 6.10 Å².